The second kappa shape index (κ2) is 7.23. The van der Waals surface area contributed by atoms with Crippen molar-refractivity contribution >= 4 is 5.91 Å². The van der Waals surface area contributed by atoms with Crippen LogP contribution in [0.1, 0.15) is 28.9 Å². The molecule has 0 bridgehead atoms. The van der Waals surface area contributed by atoms with Gasteiger partial charge in [0, 0.05) is 19.6 Å². The van der Waals surface area contributed by atoms with Crippen LogP contribution in [0.3, 0.4) is 0 Å². The summed E-state index contributed by atoms with van der Waals surface area (Å²) in [6.07, 6.45) is 0. The molecule has 0 radical (unpaired) electrons. The Hall–Kier alpha value is -2.41. The van der Waals surface area contributed by atoms with Gasteiger partial charge in [0.2, 0.25) is 5.89 Å². The average Bonchev–Trinajstić information content (AvgIpc) is 3.01. The average molecular weight is 344 g/mol. The van der Waals surface area contributed by atoms with Crippen LogP contribution >= 0.6 is 0 Å². The molecule has 0 N–H and O–H groups in total. The van der Waals surface area contributed by atoms with Gasteiger partial charge < -0.3 is 14.2 Å². The van der Waals surface area contributed by atoms with Crippen LogP contribution in [-0.4, -0.2) is 59.1 Å². The first kappa shape index (κ1) is 17.4. The quantitative estimate of drug-likeness (QED) is 0.843. The predicted molar refractivity (Wildman–Crippen MR) is 92.4 cm³/mol. The van der Waals surface area contributed by atoms with E-state index in [4.69, 9.17) is 9.26 Å². The predicted octanol–water partition coefficient (Wildman–Crippen LogP) is 1.89. The van der Waals surface area contributed by atoms with Crippen molar-refractivity contribution in [3.8, 4) is 5.75 Å². The van der Waals surface area contributed by atoms with E-state index in [2.05, 4.69) is 15.0 Å². The van der Waals surface area contributed by atoms with Gasteiger partial charge in [-0.25, -0.2) is 0 Å². The minimum atomic E-state index is -0.0842. The maximum absolute atomic E-state index is 12.6. The Morgan fingerprint density at radius 2 is 2.00 bits per heavy atom. The molecule has 134 valence electrons. The molecule has 2 heterocycles. The van der Waals surface area contributed by atoms with Gasteiger partial charge >= 0.3 is 0 Å². The Bertz CT molecular complexity index is 738. The van der Waals surface area contributed by atoms with Crippen LogP contribution in [0, 0.1) is 20.8 Å². The van der Waals surface area contributed by atoms with Crippen LogP contribution in [0.5, 0.6) is 5.75 Å². The molecular formula is C18H24N4O3. The fourth-order valence-corrected chi connectivity index (χ4v) is 3.07. The van der Waals surface area contributed by atoms with Crippen LogP contribution in [0.25, 0.3) is 0 Å². The maximum atomic E-state index is 12.6. The molecule has 7 nitrogen and oxygen atoms in total. The summed E-state index contributed by atoms with van der Waals surface area (Å²) >= 11 is 0. The number of hydrogen-bond acceptors (Lipinski definition) is 6. The van der Waals surface area contributed by atoms with Crippen LogP contribution in [0.15, 0.2) is 22.7 Å². The van der Waals surface area contributed by atoms with Crippen LogP contribution in [0.4, 0.5) is 0 Å². The molecule has 1 fully saturated rings. The molecule has 25 heavy (non-hydrogen) atoms. The molecule has 7 heteroatoms. The third-order valence-electron chi connectivity index (χ3n) is 4.58. The number of amides is 1. The molecule has 0 aliphatic carbocycles. The van der Waals surface area contributed by atoms with Crippen molar-refractivity contribution in [2.75, 3.05) is 33.3 Å². The topological polar surface area (TPSA) is 71.7 Å². The van der Waals surface area contributed by atoms with Gasteiger partial charge in [-0.15, -0.1) is 0 Å². The van der Waals surface area contributed by atoms with Crippen molar-refractivity contribution in [2.24, 2.45) is 0 Å². The van der Waals surface area contributed by atoms with Crippen molar-refractivity contribution in [1.82, 2.24) is 19.9 Å². The summed E-state index contributed by atoms with van der Waals surface area (Å²) in [5.41, 5.74) is 2.07. The van der Waals surface area contributed by atoms with Gasteiger partial charge in [-0.1, -0.05) is 23.4 Å². The summed E-state index contributed by atoms with van der Waals surface area (Å²) in [6.45, 7) is 7.72. The van der Waals surface area contributed by atoms with Crippen LogP contribution < -0.4 is 4.74 Å². The fraction of sp³-hybridized carbons (Fsp3) is 0.500. The van der Waals surface area contributed by atoms with Crippen molar-refractivity contribution in [3.63, 3.8) is 0 Å². The lowest BCUT2D eigenvalue weighted by Crippen LogP contribution is -2.50. The maximum Gasteiger partial charge on any atom is 0.260 e. The van der Waals surface area contributed by atoms with E-state index < -0.39 is 0 Å². The van der Waals surface area contributed by atoms with Crippen molar-refractivity contribution < 1.29 is 14.1 Å². The van der Waals surface area contributed by atoms with E-state index in [9.17, 15) is 4.79 Å². The summed E-state index contributed by atoms with van der Waals surface area (Å²) in [5, 5.41) is 3.85. The Balaban J connectivity index is 1.64. The summed E-state index contributed by atoms with van der Waals surface area (Å²) in [7, 11) is 2.00. The summed E-state index contributed by atoms with van der Waals surface area (Å²) in [5.74, 6) is 1.91. The lowest BCUT2D eigenvalue weighted by molar-refractivity contribution is -0.136. The number of likely N-dealkylation sites (N-methyl/N-ethyl adjacent to an activating group) is 1. The number of ether oxygens (including phenoxy) is 1. The number of carbonyl (C=O) groups excluding carboxylic acids is 1. The van der Waals surface area contributed by atoms with Gasteiger partial charge in [0.25, 0.3) is 5.91 Å². The number of hydrogen-bond donors (Lipinski definition) is 0. The lowest BCUT2D eigenvalue weighted by atomic mass is 10.1. The highest BCUT2D eigenvalue weighted by Crippen LogP contribution is 2.24. The Labute approximate surface area is 147 Å². The number of carbonyl (C=O) groups is 1. The zero-order chi connectivity index (χ0) is 18.0. The molecule has 1 saturated heterocycles. The SMILES string of the molecule is Cc1noc([C@@H]2CN(C(=O)COc3c(C)cccc3C)CCN2C)n1. The van der Waals surface area contributed by atoms with Crippen molar-refractivity contribution in [1.29, 1.82) is 0 Å². The molecule has 0 spiro atoms. The highest BCUT2D eigenvalue weighted by molar-refractivity contribution is 5.78. The largest absolute Gasteiger partial charge is 0.483 e. The van der Waals surface area contributed by atoms with E-state index in [0.29, 0.717) is 24.8 Å². The van der Waals surface area contributed by atoms with Crippen molar-refractivity contribution in [2.45, 2.75) is 26.8 Å². The van der Waals surface area contributed by atoms with Gasteiger partial charge in [0.05, 0.1) is 0 Å². The molecule has 1 atom stereocenters. The number of benzene rings is 1. The van der Waals surface area contributed by atoms with E-state index in [1.54, 1.807) is 11.8 Å². The van der Waals surface area contributed by atoms with Crippen LogP contribution in [0.2, 0.25) is 0 Å². The molecule has 0 saturated carbocycles. The third-order valence-corrected chi connectivity index (χ3v) is 4.58. The van der Waals surface area contributed by atoms with Crippen LogP contribution in [-0.2, 0) is 4.79 Å². The van der Waals surface area contributed by atoms with Gasteiger partial charge in [-0.3, -0.25) is 9.69 Å². The third kappa shape index (κ3) is 3.82. The summed E-state index contributed by atoms with van der Waals surface area (Å²) < 4.78 is 11.1. The Morgan fingerprint density at radius 3 is 2.64 bits per heavy atom. The number of para-hydroxylation sites is 1. The Kier molecular flexibility index (Phi) is 5.03. The van der Waals surface area contributed by atoms with E-state index in [0.717, 1.165) is 23.4 Å². The zero-order valence-corrected chi connectivity index (χ0v) is 15.2. The normalized spacial score (nSPS) is 18.4. The van der Waals surface area contributed by atoms with E-state index in [1.165, 1.54) is 0 Å². The molecule has 1 aliphatic heterocycles. The number of rotatable bonds is 4. The fourth-order valence-electron chi connectivity index (χ4n) is 3.07. The van der Waals surface area contributed by atoms with Gasteiger partial charge in [-0.05, 0) is 38.9 Å². The highest BCUT2D eigenvalue weighted by atomic mass is 16.5. The highest BCUT2D eigenvalue weighted by Gasteiger charge is 2.32. The minimum absolute atomic E-state index is 0.0306. The second-order valence-corrected chi connectivity index (χ2v) is 6.53. The van der Waals surface area contributed by atoms with Gasteiger partial charge in [0.15, 0.2) is 12.4 Å². The van der Waals surface area contributed by atoms with E-state index in [-0.39, 0.29) is 18.6 Å². The number of nitrogens with zero attached hydrogens (tertiary/aromatic N) is 4. The molecule has 1 amide bonds. The second-order valence-electron chi connectivity index (χ2n) is 6.53. The number of aryl methyl sites for hydroxylation is 3. The zero-order valence-electron chi connectivity index (χ0n) is 15.2. The van der Waals surface area contributed by atoms with E-state index >= 15 is 0 Å². The molecule has 2 aromatic rings. The lowest BCUT2D eigenvalue weighted by Gasteiger charge is -2.37. The van der Waals surface area contributed by atoms with Gasteiger partial charge in [0.1, 0.15) is 11.8 Å². The Morgan fingerprint density at radius 1 is 1.28 bits per heavy atom. The van der Waals surface area contributed by atoms with E-state index in [1.807, 2.05) is 39.1 Å². The molecule has 1 aliphatic rings. The van der Waals surface area contributed by atoms with Crippen molar-refractivity contribution in [3.05, 3.63) is 41.0 Å². The first-order chi connectivity index (χ1) is 12.0. The molecule has 0 unspecified atom stereocenters. The smallest absolute Gasteiger partial charge is 0.260 e. The molecular weight excluding hydrogens is 320 g/mol. The molecule has 3 rings (SSSR count). The summed E-state index contributed by atoms with van der Waals surface area (Å²) in [6, 6.07) is 5.86. The summed E-state index contributed by atoms with van der Waals surface area (Å²) in [4.78, 5) is 20.8. The number of aromatic nitrogens is 2. The number of piperazine rings is 1. The monoisotopic (exact) mass is 344 g/mol. The molecule has 1 aromatic heterocycles. The van der Waals surface area contributed by atoms with Gasteiger partial charge in [-0.2, -0.15) is 4.98 Å². The first-order valence-electron chi connectivity index (χ1n) is 8.43. The minimum Gasteiger partial charge on any atom is -0.483 e. The standard InChI is InChI=1S/C18H24N4O3/c1-12-6-5-7-13(2)17(12)24-11-16(23)22-9-8-21(4)15(10-22)18-19-14(3)20-25-18/h5-7,15H,8-11H2,1-4H3/t15-/m0/s1. The first-order valence-corrected chi connectivity index (χ1v) is 8.43. The molecule has 1 aromatic carbocycles.